The summed E-state index contributed by atoms with van der Waals surface area (Å²) >= 11 is 0. The molecular weight excluding hydrogens is 354 g/mol. The van der Waals surface area contributed by atoms with Gasteiger partial charge in [-0.3, -0.25) is 4.79 Å². The molecular formula is C22H17N3O3. The second kappa shape index (κ2) is 7.00. The van der Waals surface area contributed by atoms with E-state index in [4.69, 9.17) is 4.98 Å². The van der Waals surface area contributed by atoms with Crippen molar-refractivity contribution in [1.82, 2.24) is 15.0 Å². The first-order valence-electron chi connectivity index (χ1n) is 8.71. The van der Waals surface area contributed by atoms with E-state index >= 15 is 0 Å². The van der Waals surface area contributed by atoms with Crippen molar-refractivity contribution < 1.29 is 9.90 Å². The standard InChI is InChI=1S/C22H17N3O3/c1-13-9-16(11-17(10-13)22(27)28)20-19(15-7-8-23-18(26)12-15)24-21(25-20)14-5-3-2-4-6-14/h2-12H,1H3,(H,23,26)(H,24,25)(H,27,28). The van der Waals surface area contributed by atoms with Crippen LogP contribution < -0.4 is 5.56 Å². The van der Waals surface area contributed by atoms with Crippen LogP contribution in [0.25, 0.3) is 33.9 Å². The molecule has 0 spiro atoms. The smallest absolute Gasteiger partial charge is 0.335 e. The van der Waals surface area contributed by atoms with Crippen molar-refractivity contribution in [2.45, 2.75) is 6.92 Å². The highest BCUT2D eigenvalue weighted by Gasteiger charge is 2.17. The van der Waals surface area contributed by atoms with Crippen molar-refractivity contribution in [2.24, 2.45) is 0 Å². The van der Waals surface area contributed by atoms with E-state index in [2.05, 4.69) is 9.97 Å². The van der Waals surface area contributed by atoms with Gasteiger partial charge in [-0.05, 0) is 36.8 Å². The Hall–Kier alpha value is -3.93. The summed E-state index contributed by atoms with van der Waals surface area (Å²) in [5.41, 5.74) is 4.27. The lowest BCUT2D eigenvalue weighted by Gasteiger charge is -2.06. The number of rotatable bonds is 4. The quantitative estimate of drug-likeness (QED) is 0.503. The molecule has 6 heteroatoms. The Morgan fingerprint density at radius 1 is 0.964 bits per heavy atom. The number of aryl methyl sites for hydroxylation is 1. The molecule has 0 amide bonds. The van der Waals surface area contributed by atoms with Crippen LogP contribution in [0.5, 0.6) is 0 Å². The lowest BCUT2D eigenvalue weighted by atomic mass is 10.0. The first-order chi connectivity index (χ1) is 13.5. The van der Waals surface area contributed by atoms with Gasteiger partial charge >= 0.3 is 5.97 Å². The monoisotopic (exact) mass is 371 g/mol. The van der Waals surface area contributed by atoms with Gasteiger partial charge in [-0.15, -0.1) is 0 Å². The van der Waals surface area contributed by atoms with Gasteiger partial charge in [0.05, 0.1) is 17.0 Å². The van der Waals surface area contributed by atoms with Crippen molar-refractivity contribution in [3.05, 3.63) is 88.3 Å². The third-order valence-corrected chi connectivity index (χ3v) is 4.41. The number of pyridine rings is 1. The number of hydrogen-bond acceptors (Lipinski definition) is 3. The van der Waals surface area contributed by atoms with Gasteiger partial charge in [-0.1, -0.05) is 30.3 Å². The highest BCUT2D eigenvalue weighted by atomic mass is 16.4. The maximum Gasteiger partial charge on any atom is 0.335 e. The molecule has 0 radical (unpaired) electrons. The number of H-pyrrole nitrogens is 2. The first-order valence-corrected chi connectivity index (χ1v) is 8.71. The molecule has 138 valence electrons. The van der Waals surface area contributed by atoms with Crippen LogP contribution in [0, 0.1) is 6.92 Å². The highest BCUT2D eigenvalue weighted by molar-refractivity contribution is 5.91. The summed E-state index contributed by atoms with van der Waals surface area (Å²) in [5.74, 6) is -0.356. The Balaban J connectivity index is 1.97. The van der Waals surface area contributed by atoms with Crippen LogP contribution in [-0.4, -0.2) is 26.0 Å². The SMILES string of the molecule is Cc1cc(C(=O)O)cc(-c2nc(-c3ccccc3)[nH]c2-c2cc[nH]c(=O)c2)c1. The van der Waals surface area contributed by atoms with Crippen LogP contribution in [0.2, 0.25) is 0 Å². The van der Waals surface area contributed by atoms with Crippen LogP contribution in [0.1, 0.15) is 15.9 Å². The maximum absolute atomic E-state index is 11.8. The van der Waals surface area contributed by atoms with E-state index in [-0.39, 0.29) is 11.1 Å². The van der Waals surface area contributed by atoms with Crippen molar-refractivity contribution in [3.63, 3.8) is 0 Å². The molecule has 0 aliphatic carbocycles. The first kappa shape index (κ1) is 17.5. The summed E-state index contributed by atoms with van der Waals surface area (Å²) in [5, 5.41) is 9.41. The van der Waals surface area contributed by atoms with Crippen LogP contribution in [0.4, 0.5) is 0 Å². The number of nitrogens with one attached hydrogen (secondary N) is 2. The van der Waals surface area contributed by atoms with E-state index < -0.39 is 5.97 Å². The molecule has 0 fully saturated rings. The largest absolute Gasteiger partial charge is 0.478 e. The number of nitrogens with zero attached hydrogens (tertiary/aromatic N) is 1. The normalized spacial score (nSPS) is 10.8. The fraction of sp³-hybridized carbons (Fsp3) is 0.0455. The Kier molecular flexibility index (Phi) is 4.37. The van der Waals surface area contributed by atoms with Crippen LogP contribution in [-0.2, 0) is 0 Å². The number of hydrogen-bond donors (Lipinski definition) is 3. The molecule has 28 heavy (non-hydrogen) atoms. The van der Waals surface area contributed by atoms with Gasteiger partial charge in [-0.25, -0.2) is 9.78 Å². The third kappa shape index (κ3) is 3.35. The predicted octanol–water partition coefficient (Wildman–Crippen LogP) is 4.11. The average Bonchev–Trinajstić information content (AvgIpc) is 3.14. The third-order valence-electron chi connectivity index (χ3n) is 4.41. The van der Waals surface area contributed by atoms with Crippen molar-refractivity contribution in [3.8, 4) is 33.9 Å². The van der Waals surface area contributed by atoms with Gasteiger partial charge in [0.1, 0.15) is 5.82 Å². The summed E-state index contributed by atoms with van der Waals surface area (Å²) in [6.45, 7) is 1.84. The molecule has 3 N–H and O–H groups in total. The van der Waals surface area contributed by atoms with Crippen LogP contribution in [0.3, 0.4) is 0 Å². The lowest BCUT2D eigenvalue weighted by molar-refractivity contribution is 0.0697. The van der Waals surface area contributed by atoms with Gasteiger partial charge < -0.3 is 15.1 Å². The topological polar surface area (TPSA) is 98.8 Å². The molecule has 4 aromatic rings. The Morgan fingerprint density at radius 3 is 2.46 bits per heavy atom. The van der Waals surface area contributed by atoms with Crippen LogP contribution in [0.15, 0.2) is 71.7 Å². The van der Waals surface area contributed by atoms with E-state index in [1.54, 1.807) is 24.4 Å². The minimum absolute atomic E-state index is 0.191. The molecule has 0 bridgehead atoms. The number of carboxylic acid groups (broad SMARTS) is 1. The summed E-state index contributed by atoms with van der Waals surface area (Å²) in [7, 11) is 0. The summed E-state index contributed by atoms with van der Waals surface area (Å²) in [4.78, 5) is 33.9. The van der Waals surface area contributed by atoms with Crippen LogP contribution >= 0.6 is 0 Å². The zero-order valence-electron chi connectivity index (χ0n) is 15.1. The Morgan fingerprint density at radius 2 is 1.75 bits per heavy atom. The molecule has 0 saturated heterocycles. The number of benzene rings is 2. The van der Waals surface area contributed by atoms with Gasteiger partial charge in [0.25, 0.3) is 0 Å². The molecule has 6 nitrogen and oxygen atoms in total. The van der Waals surface area contributed by atoms with E-state index in [1.807, 2.05) is 43.3 Å². The number of carbonyl (C=O) groups is 1. The maximum atomic E-state index is 11.8. The van der Waals surface area contributed by atoms with E-state index in [0.29, 0.717) is 28.3 Å². The van der Waals surface area contributed by atoms with Gasteiger partial charge in [-0.2, -0.15) is 0 Å². The molecule has 0 atom stereocenters. The molecule has 2 aromatic heterocycles. The van der Waals surface area contributed by atoms with Gasteiger partial charge in [0.15, 0.2) is 0 Å². The van der Waals surface area contributed by atoms with Crippen molar-refractivity contribution in [1.29, 1.82) is 0 Å². The molecule has 0 aliphatic heterocycles. The molecule has 0 unspecified atom stereocenters. The predicted molar refractivity (Wildman–Crippen MR) is 107 cm³/mol. The zero-order valence-corrected chi connectivity index (χ0v) is 15.1. The van der Waals surface area contributed by atoms with Crippen molar-refractivity contribution in [2.75, 3.05) is 0 Å². The zero-order chi connectivity index (χ0) is 19.7. The number of aromatic carboxylic acids is 1. The highest BCUT2D eigenvalue weighted by Crippen LogP contribution is 2.33. The summed E-state index contributed by atoms with van der Waals surface area (Å²) in [6.07, 6.45) is 1.57. The Labute approximate surface area is 160 Å². The molecule has 2 heterocycles. The number of carboxylic acids is 1. The minimum Gasteiger partial charge on any atom is -0.478 e. The molecule has 2 aromatic carbocycles. The fourth-order valence-electron chi connectivity index (χ4n) is 3.17. The van der Waals surface area contributed by atoms with Gasteiger partial charge in [0, 0.05) is 29.0 Å². The van der Waals surface area contributed by atoms with E-state index in [1.165, 1.54) is 6.07 Å². The molecule has 0 saturated carbocycles. The minimum atomic E-state index is -0.999. The van der Waals surface area contributed by atoms with Crippen molar-refractivity contribution >= 4 is 5.97 Å². The summed E-state index contributed by atoms with van der Waals surface area (Å²) in [6, 6.07) is 18.0. The molecule has 0 aliphatic rings. The Bertz CT molecular complexity index is 1220. The summed E-state index contributed by atoms with van der Waals surface area (Å²) < 4.78 is 0. The molecule has 4 rings (SSSR count). The number of imidazole rings is 1. The second-order valence-corrected chi connectivity index (χ2v) is 6.51. The number of aromatic amines is 2. The lowest BCUT2D eigenvalue weighted by Crippen LogP contribution is -2.02. The van der Waals surface area contributed by atoms with E-state index in [9.17, 15) is 14.7 Å². The second-order valence-electron chi connectivity index (χ2n) is 6.51. The number of aromatic nitrogens is 3. The fourth-order valence-corrected chi connectivity index (χ4v) is 3.17. The van der Waals surface area contributed by atoms with Gasteiger partial charge in [0.2, 0.25) is 5.56 Å². The van der Waals surface area contributed by atoms with E-state index in [0.717, 1.165) is 11.1 Å². The average molecular weight is 371 g/mol.